The lowest BCUT2D eigenvalue weighted by Gasteiger charge is -2.14. The van der Waals surface area contributed by atoms with Crippen molar-refractivity contribution in [1.82, 2.24) is 0 Å². The fourth-order valence-electron chi connectivity index (χ4n) is 2.58. The molecule has 3 rings (SSSR count). The number of benzene rings is 2. The smallest absolute Gasteiger partial charge is 0.203 e. The molecule has 0 bridgehead atoms. The fourth-order valence-corrected chi connectivity index (χ4v) is 2.58. The van der Waals surface area contributed by atoms with Gasteiger partial charge in [0.05, 0.1) is 27.4 Å². The average molecular weight is 272 g/mol. The van der Waals surface area contributed by atoms with Crippen molar-refractivity contribution in [3.8, 4) is 28.4 Å². The summed E-state index contributed by atoms with van der Waals surface area (Å²) in [4.78, 5) is 0. The summed E-state index contributed by atoms with van der Waals surface area (Å²) in [5.41, 5.74) is 3.98. The van der Waals surface area contributed by atoms with Crippen LogP contribution in [0.5, 0.6) is 17.2 Å². The quantitative estimate of drug-likeness (QED) is 0.932. The Labute approximate surface area is 117 Å². The van der Waals surface area contributed by atoms with Gasteiger partial charge in [-0.15, -0.1) is 0 Å². The van der Waals surface area contributed by atoms with Crippen LogP contribution in [0.4, 0.5) is 0 Å². The van der Waals surface area contributed by atoms with Crippen LogP contribution in [-0.4, -0.2) is 19.3 Å². The Bertz CT molecular complexity index is 649. The maximum absolute atomic E-state index is 10.4. The number of ether oxygens (including phenoxy) is 3. The van der Waals surface area contributed by atoms with Crippen molar-refractivity contribution in [2.75, 3.05) is 14.2 Å². The summed E-state index contributed by atoms with van der Waals surface area (Å²) in [7, 11) is 3.06. The number of hydrogen-bond acceptors (Lipinski definition) is 4. The highest BCUT2D eigenvalue weighted by Crippen LogP contribution is 2.45. The second kappa shape index (κ2) is 5.06. The van der Waals surface area contributed by atoms with Crippen LogP contribution in [0.3, 0.4) is 0 Å². The van der Waals surface area contributed by atoms with Gasteiger partial charge in [-0.05, 0) is 28.8 Å². The largest absolute Gasteiger partial charge is 0.504 e. The molecule has 0 unspecified atom stereocenters. The van der Waals surface area contributed by atoms with Crippen LogP contribution < -0.4 is 9.47 Å². The van der Waals surface area contributed by atoms with Gasteiger partial charge < -0.3 is 19.3 Å². The Hall–Kier alpha value is -2.20. The second-order valence-electron chi connectivity index (χ2n) is 4.63. The number of phenols is 1. The minimum atomic E-state index is 0.0900. The van der Waals surface area contributed by atoms with Crippen molar-refractivity contribution < 1.29 is 19.3 Å². The maximum Gasteiger partial charge on any atom is 0.203 e. The third-order valence-electron chi connectivity index (χ3n) is 3.59. The minimum Gasteiger partial charge on any atom is -0.504 e. The molecule has 2 aromatic rings. The number of phenolic OH excluding ortho intramolecular Hbond substituents is 1. The van der Waals surface area contributed by atoms with Gasteiger partial charge in [0.2, 0.25) is 5.75 Å². The molecule has 1 N–H and O–H groups in total. The Kier molecular flexibility index (Phi) is 3.24. The van der Waals surface area contributed by atoms with Gasteiger partial charge in [0.1, 0.15) is 0 Å². The molecule has 0 amide bonds. The molecule has 0 atom stereocenters. The number of aromatic hydroxyl groups is 1. The summed E-state index contributed by atoms with van der Waals surface area (Å²) < 4.78 is 15.9. The Morgan fingerprint density at radius 3 is 2.60 bits per heavy atom. The van der Waals surface area contributed by atoms with Gasteiger partial charge in [-0.3, -0.25) is 0 Å². The predicted octanol–water partition coefficient (Wildman–Crippen LogP) is 3.11. The highest BCUT2D eigenvalue weighted by molar-refractivity contribution is 5.78. The number of hydrogen-bond donors (Lipinski definition) is 1. The first-order chi connectivity index (χ1) is 9.76. The predicted molar refractivity (Wildman–Crippen MR) is 75.1 cm³/mol. The zero-order valence-electron chi connectivity index (χ0n) is 11.5. The molecule has 0 fully saturated rings. The Morgan fingerprint density at radius 1 is 1.00 bits per heavy atom. The second-order valence-corrected chi connectivity index (χ2v) is 4.63. The third-order valence-corrected chi connectivity index (χ3v) is 3.59. The van der Waals surface area contributed by atoms with E-state index >= 15 is 0 Å². The first-order valence-corrected chi connectivity index (χ1v) is 6.39. The molecule has 104 valence electrons. The van der Waals surface area contributed by atoms with Crippen LogP contribution in [0.25, 0.3) is 11.1 Å². The van der Waals surface area contributed by atoms with E-state index in [1.54, 1.807) is 13.2 Å². The summed E-state index contributed by atoms with van der Waals surface area (Å²) in [6, 6.07) is 9.63. The van der Waals surface area contributed by atoms with Crippen molar-refractivity contribution in [1.29, 1.82) is 0 Å². The van der Waals surface area contributed by atoms with Crippen LogP contribution in [-0.2, 0) is 18.0 Å². The van der Waals surface area contributed by atoms with Crippen LogP contribution in [0.15, 0.2) is 30.3 Å². The SMILES string of the molecule is COc1ccc(-c2cccc3c2COC3)c(O)c1OC. The van der Waals surface area contributed by atoms with Crippen molar-refractivity contribution in [2.45, 2.75) is 13.2 Å². The van der Waals surface area contributed by atoms with Crippen LogP contribution in [0, 0.1) is 0 Å². The molecular formula is C16H16O4. The first kappa shape index (κ1) is 12.8. The zero-order chi connectivity index (χ0) is 14.1. The van der Waals surface area contributed by atoms with E-state index in [0.29, 0.717) is 24.7 Å². The van der Waals surface area contributed by atoms with E-state index in [-0.39, 0.29) is 5.75 Å². The molecule has 0 saturated carbocycles. The number of fused-ring (bicyclic) bond motifs is 1. The van der Waals surface area contributed by atoms with Crippen LogP contribution >= 0.6 is 0 Å². The van der Waals surface area contributed by atoms with E-state index in [9.17, 15) is 5.11 Å². The lowest BCUT2D eigenvalue weighted by molar-refractivity contribution is 0.134. The third kappa shape index (κ3) is 1.89. The molecule has 2 aromatic carbocycles. The summed E-state index contributed by atoms with van der Waals surface area (Å²) >= 11 is 0. The standard InChI is InChI=1S/C16H16O4/c1-18-14-7-6-12(15(17)16(14)19-2)11-5-3-4-10-8-20-9-13(10)11/h3-7,17H,8-9H2,1-2H3. The molecular weight excluding hydrogens is 256 g/mol. The molecule has 1 heterocycles. The molecule has 4 heteroatoms. The van der Waals surface area contributed by atoms with Gasteiger partial charge in [0.25, 0.3) is 0 Å². The molecule has 0 radical (unpaired) electrons. The summed E-state index contributed by atoms with van der Waals surface area (Å²) in [6.45, 7) is 1.19. The van der Waals surface area contributed by atoms with Gasteiger partial charge in [0.15, 0.2) is 11.5 Å². The first-order valence-electron chi connectivity index (χ1n) is 6.39. The Balaban J connectivity index is 2.19. The monoisotopic (exact) mass is 272 g/mol. The Morgan fingerprint density at radius 2 is 1.85 bits per heavy atom. The van der Waals surface area contributed by atoms with Gasteiger partial charge in [-0.25, -0.2) is 0 Å². The maximum atomic E-state index is 10.4. The average Bonchev–Trinajstić information content (AvgIpc) is 2.95. The molecule has 0 aliphatic carbocycles. The van der Waals surface area contributed by atoms with E-state index < -0.39 is 0 Å². The summed E-state index contributed by atoms with van der Waals surface area (Å²) in [5, 5.41) is 10.4. The highest BCUT2D eigenvalue weighted by atomic mass is 16.5. The van der Waals surface area contributed by atoms with E-state index in [0.717, 1.165) is 22.3 Å². The number of rotatable bonds is 3. The van der Waals surface area contributed by atoms with Crippen molar-refractivity contribution in [3.05, 3.63) is 41.5 Å². The number of methoxy groups -OCH3 is 2. The van der Waals surface area contributed by atoms with Crippen molar-refractivity contribution in [2.24, 2.45) is 0 Å². The van der Waals surface area contributed by atoms with E-state index in [2.05, 4.69) is 0 Å². The van der Waals surface area contributed by atoms with Gasteiger partial charge in [-0.2, -0.15) is 0 Å². The lowest BCUT2D eigenvalue weighted by atomic mass is 9.96. The van der Waals surface area contributed by atoms with Gasteiger partial charge >= 0.3 is 0 Å². The van der Waals surface area contributed by atoms with E-state index in [4.69, 9.17) is 14.2 Å². The fraction of sp³-hybridized carbons (Fsp3) is 0.250. The van der Waals surface area contributed by atoms with Crippen molar-refractivity contribution in [3.63, 3.8) is 0 Å². The topological polar surface area (TPSA) is 47.9 Å². The zero-order valence-corrected chi connectivity index (χ0v) is 11.5. The highest BCUT2D eigenvalue weighted by Gasteiger charge is 2.21. The van der Waals surface area contributed by atoms with Crippen molar-refractivity contribution >= 4 is 0 Å². The molecule has 20 heavy (non-hydrogen) atoms. The van der Waals surface area contributed by atoms with Gasteiger partial charge in [0, 0.05) is 5.56 Å². The minimum absolute atomic E-state index is 0.0900. The lowest BCUT2D eigenvalue weighted by Crippen LogP contribution is -1.94. The molecule has 0 aromatic heterocycles. The summed E-state index contributed by atoms with van der Waals surface area (Å²) in [5.74, 6) is 0.950. The van der Waals surface area contributed by atoms with Crippen LogP contribution in [0.1, 0.15) is 11.1 Å². The van der Waals surface area contributed by atoms with Gasteiger partial charge in [-0.1, -0.05) is 18.2 Å². The molecule has 0 spiro atoms. The van der Waals surface area contributed by atoms with Crippen LogP contribution in [0.2, 0.25) is 0 Å². The van der Waals surface area contributed by atoms with E-state index in [1.807, 2.05) is 24.3 Å². The van der Waals surface area contributed by atoms with E-state index in [1.165, 1.54) is 7.11 Å². The molecule has 4 nitrogen and oxygen atoms in total. The normalized spacial score (nSPS) is 13.1. The molecule has 1 aliphatic heterocycles. The molecule has 0 saturated heterocycles. The summed E-state index contributed by atoms with van der Waals surface area (Å²) in [6.07, 6.45) is 0. The molecule has 1 aliphatic rings.